The predicted octanol–water partition coefficient (Wildman–Crippen LogP) is 2.77. The number of nitrogens with zero attached hydrogens (tertiary/aromatic N) is 2. The molecule has 142 valence electrons. The van der Waals surface area contributed by atoms with Crippen LogP contribution in [0, 0.1) is 6.92 Å². The highest BCUT2D eigenvalue weighted by Crippen LogP contribution is 2.19. The number of nitrogens with one attached hydrogen (secondary N) is 1. The molecule has 0 saturated heterocycles. The Balaban J connectivity index is 1.65. The van der Waals surface area contributed by atoms with Crippen LogP contribution in [0.1, 0.15) is 16.2 Å². The number of carbonyl (C=O) groups excluding carboxylic acids is 1. The number of sulfone groups is 1. The van der Waals surface area contributed by atoms with E-state index in [1.807, 2.05) is 35.8 Å². The molecular formula is C18H17F2N3O3S. The molecule has 0 atom stereocenters. The van der Waals surface area contributed by atoms with Crippen LogP contribution < -0.4 is 5.32 Å². The number of para-hydroxylation sites is 2. The van der Waals surface area contributed by atoms with E-state index in [1.54, 1.807) is 0 Å². The van der Waals surface area contributed by atoms with E-state index in [0.29, 0.717) is 13.1 Å². The SMILES string of the molecule is Cc1nc2ccccc2n1CCNC(=O)c1ccc(S(=O)(=O)C(F)F)cc1. The van der Waals surface area contributed by atoms with Gasteiger partial charge in [0.2, 0.25) is 9.84 Å². The molecule has 27 heavy (non-hydrogen) atoms. The number of amides is 1. The predicted molar refractivity (Wildman–Crippen MR) is 96.4 cm³/mol. The largest absolute Gasteiger partial charge is 0.350 e. The zero-order chi connectivity index (χ0) is 19.6. The Bertz CT molecular complexity index is 1080. The molecule has 3 aromatic rings. The number of imidazole rings is 1. The topological polar surface area (TPSA) is 81.1 Å². The minimum Gasteiger partial charge on any atom is -0.350 e. The van der Waals surface area contributed by atoms with Gasteiger partial charge in [0, 0.05) is 18.7 Å². The standard InChI is InChI=1S/C18H17F2N3O3S/c1-12-22-15-4-2-3-5-16(15)23(12)11-10-21-17(24)13-6-8-14(9-7-13)27(25,26)18(19)20/h2-9,18H,10-11H2,1H3,(H,21,24). The van der Waals surface area contributed by atoms with Crippen molar-refractivity contribution in [3.63, 3.8) is 0 Å². The third-order valence-corrected chi connectivity index (χ3v) is 5.54. The third kappa shape index (κ3) is 3.82. The first-order valence-corrected chi connectivity index (χ1v) is 9.67. The van der Waals surface area contributed by atoms with Crippen molar-refractivity contribution in [2.24, 2.45) is 0 Å². The zero-order valence-corrected chi connectivity index (χ0v) is 15.2. The maximum absolute atomic E-state index is 12.5. The molecule has 1 N–H and O–H groups in total. The van der Waals surface area contributed by atoms with Crippen LogP contribution in [-0.2, 0) is 16.4 Å². The Labute approximate surface area is 154 Å². The van der Waals surface area contributed by atoms with Gasteiger partial charge in [-0.3, -0.25) is 4.79 Å². The number of hydrogen-bond acceptors (Lipinski definition) is 4. The fourth-order valence-corrected chi connectivity index (χ4v) is 3.48. The van der Waals surface area contributed by atoms with Crippen LogP contribution in [0.5, 0.6) is 0 Å². The molecule has 0 aliphatic rings. The lowest BCUT2D eigenvalue weighted by atomic mass is 10.2. The van der Waals surface area contributed by atoms with Crippen molar-refractivity contribution in [2.75, 3.05) is 6.54 Å². The summed E-state index contributed by atoms with van der Waals surface area (Å²) >= 11 is 0. The van der Waals surface area contributed by atoms with Crippen LogP contribution in [0.4, 0.5) is 8.78 Å². The maximum Gasteiger partial charge on any atom is 0.341 e. The highest BCUT2D eigenvalue weighted by atomic mass is 32.2. The molecule has 0 saturated carbocycles. The first-order valence-electron chi connectivity index (χ1n) is 8.13. The van der Waals surface area contributed by atoms with Gasteiger partial charge in [-0.1, -0.05) is 12.1 Å². The number of benzene rings is 2. The molecule has 0 bridgehead atoms. The number of alkyl halides is 2. The van der Waals surface area contributed by atoms with Crippen LogP contribution in [0.15, 0.2) is 53.4 Å². The van der Waals surface area contributed by atoms with Crippen LogP contribution in [0.3, 0.4) is 0 Å². The smallest absolute Gasteiger partial charge is 0.341 e. The van der Waals surface area contributed by atoms with Crippen LogP contribution in [0.25, 0.3) is 11.0 Å². The lowest BCUT2D eigenvalue weighted by Gasteiger charge is -2.09. The molecule has 3 rings (SSSR count). The van der Waals surface area contributed by atoms with Gasteiger partial charge >= 0.3 is 5.76 Å². The molecule has 0 fully saturated rings. The minimum atomic E-state index is -4.67. The van der Waals surface area contributed by atoms with E-state index in [1.165, 1.54) is 12.1 Å². The van der Waals surface area contributed by atoms with Crippen molar-refractivity contribution in [2.45, 2.75) is 24.1 Å². The van der Waals surface area contributed by atoms with Gasteiger partial charge in [0.15, 0.2) is 0 Å². The van der Waals surface area contributed by atoms with Crippen LogP contribution in [-0.4, -0.2) is 36.2 Å². The summed E-state index contributed by atoms with van der Waals surface area (Å²) in [6, 6.07) is 12.1. The monoisotopic (exact) mass is 393 g/mol. The lowest BCUT2D eigenvalue weighted by molar-refractivity contribution is 0.0952. The van der Waals surface area contributed by atoms with Gasteiger partial charge in [-0.05, 0) is 43.3 Å². The van der Waals surface area contributed by atoms with Crippen molar-refractivity contribution in [3.05, 3.63) is 59.9 Å². The van der Waals surface area contributed by atoms with Crippen molar-refractivity contribution in [1.82, 2.24) is 14.9 Å². The highest BCUT2D eigenvalue weighted by Gasteiger charge is 2.26. The number of carbonyl (C=O) groups is 1. The number of rotatable bonds is 6. The van der Waals surface area contributed by atoms with E-state index in [9.17, 15) is 22.0 Å². The lowest BCUT2D eigenvalue weighted by Crippen LogP contribution is -2.27. The number of aromatic nitrogens is 2. The maximum atomic E-state index is 12.5. The Morgan fingerprint density at radius 3 is 2.48 bits per heavy atom. The van der Waals surface area contributed by atoms with E-state index in [4.69, 9.17) is 0 Å². The summed E-state index contributed by atoms with van der Waals surface area (Å²) in [7, 11) is -4.67. The number of hydrogen-bond donors (Lipinski definition) is 1. The van der Waals surface area contributed by atoms with Crippen LogP contribution in [0.2, 0.25) is 0 Å². The normalized spacial score (nSPS) is 11.9. The van der Waals surface area contributed by atoms with Gasteiger partial charge in [0.05, 0.1) is 15.9 Å². The quantitative estimate of drug-likeness (QED) is 0.698. The minimum absolute atomic E-state index is 0.190. The first kappa shape index (κ1) is 19.0. The Morgan fingerprint density at radius 1 is 1.15 bits per heavy atom. The summed E-state index contributed by atoms with van der Waals surface area (Å²) in [6.07, 6.45) is 0. The molecule has 6 nitrogen and oxygen atoms in total. The molecule has 0 unspecified atom stereocenters. The van der Waals surface area contributed by atoms with Gasteiger partial charge < -0.3 is 9.88 Å². The second-order valence-electron chi connectivity index (χ2n) is 5.89. The molecule has 1 amide bonds. The third-order valence-electron chi connectivity index (χ3n) is 4.15. The zero-order valence-electron chi connectivity index (χ0n) is 14.4. The molecule has 0 spiro atoms. The summed E-state index contributed by atoms with van der Waals surface area (Å²) < 4.78 is 49.8. The van der Waals surface area contributed by atoms with E-state index in [-0.39, 0.29) is 5.56 Å². The second-order valence-corrected chi connectivity index (χ2v) is 7.80. The van der Waals surface area contributed by atoms with E-state index < -0.39 is 26.4 Å². The fraction of sp³-hybridized carbons (Fsp3) is 0.222. The number of fused-ring (bicyclic) bond motifs is 1. The number of aryl methyl sites for hydroxylation is 1. The molecule has 0 radical (unpaired) electrons. The van der Waals surface area contributed by atoms with E-state index in [0.717, 1.165) is 29.0 Å². The van der Waals surface area contributed by atoms with Crippen molar-refractivity contribution < 1.29 is 22.0 Å². The van der Waals surface area contributed by atoms with Gasteiger partial charge in [-0.2, -0.15) is 8.78 Å². The van der Waals surface area contributed by atoms with Gasteiger partial charge in [0.25, 0.3) is 5.91 Å². The summed E-state index contributed by atoms with van der Waals surface area (Å²) in [6.45, 7) is 2.72. The molecule has 9 heteroatoms. The fourth-order valence-electron chi connectivity index (χ4n) is 2.76. The summed E-state index contributed by atoms with van der Waals surface area (Å²) in [5.41, 5.74) is 2.03. The first-order chi connectivity index (χ1) is 12.8. The Morgan fingerprint density at radius 2 is 1.81 bits per heavy atom. The van der Waals surface area contributed by atoms with E-state index >= 15 is 0 Å². The van der Waals surface area contributed by atoms with Gasteiger partial charge in [-0.25, -0.2) is 13.4 Å². The second kappa shape index (κ2) is 7.43. The molecule has 2 aromatic carbocycles. The average Bonchev–Trinajstić information content (AvgIpc) is 2.97. The Hall–Kier alpha value is -2.81. The molecule has 1 heterocycles. The molecule has 0 aliphatic heterocycles. The van der Waals surface area contributed by atoms with Gasteiger partial charge in [0.1, 0.15) is 5.82 Å². The Kier molecular flexibility index (Phi) is 5.22. The van der Waals surface area contributed by atoms with E-state index in [2.05, 4.69) is 10.3 Å². The average molecular weight is 393 g/mol. The van der Waals surface area contributed by atoms with Crippen molar-refractivity contribution in [1.29, 1.82) is 0 Å². The summed E-state index contributed by atoms with van der Waals surface area (Å²) in [4.78, 5) is 16.1. The molecular weight excluding hydrogens is 376 g/mol. The van der Waals surface area contributed by atoms with Crippen molar-refractivity contribution in [3.8, 4) is 0 Å². The highest BCUT2D eigenvalue weighted by molar-refractivity contribution is 7.91. The van der Waals surface area contributed by atoms with Gasteiger partial charge in [-0.15, -0.1) is 0 Å². The number of halogens is 2. The molecule has 0 aliphatic carbocycles. The summed E-state index contributed by atoms with van der Waals surface area (Å²) in [5, 5.41) is 2.72. The molecule has 1 aromatic heterocycles. The summed E-state index contributed by atoms with van der Waals surface area (Å²) in [5.74, 6) is -3.09. The van der Waals surface area contributed by atoms with Crippen molar-refractivity contribution >= 4 is 26.8 Å². The van der Waals surface area contributed by atoms with Crippen LogP contribution >= 0.6 is 0 Å².